The summed E-state index contributed by atoms with van der Waals surface area (Å²) in [6.45, 7) is 1.05. The van der Waals surface area contributed by atoms with Crippen LogP contribution in [-0.2, 0) is 0 Å². The summed E-state index contributed by atoms with van der Waals surface area (Å²) >= 11 is 0. The minimum Gasteiger partial charge on any atom is -0.481 e. The predicted octanol–water partition coefficient (Wildman–Crippen LogP) is 1.41. The van der Waals surface area contributed by atoms with Crippen molar-refractivity contribution in [2.24, 2.45) is 0 Å². The molecule has 1 aliphatic heterocycles. The van der Waals surface area contributed by atoms with Crippen molar-refractivity contribution >= 4 is 0 Å². The summed E-state index contributed by atoms with van der Waals surface area (Å²) in [6.07, 6.45) is 2.29. The van der Waals surface area contributed by atoms with Gasteiger partial charge in [0.1, 0.15) is 5.76 Å². The number of rotatable bonds is 1. The summed E-state index contributed by atoms with van der Waals surface area (Å²) in [4.78, 5) is 0. The fraction of sp³-hybridized carbons (Fsp3) is 0.500. The van der Waals surface area contributed by atoms with Gasteiger partial charge in [0.2, 0.25) is 0 Å². The van der Waals surface area contributed by atoms with E-state index >= 15 is 0 Å². The van der Waals surface area contributed by atoms with Gasteiger partial charge in [-0.15, -0.1) is 0 Å². The Hall–Kier alpha value is -0.960. The molecule has 1 aliphatic rings. The van der Waals surface area contributed by atoms with E-state index in [2.05, 4.69) is 5.32 Å². The summed E-state index contributed by atoms with van der Waals surface area (Å²) in [5, 5.41) is 12.2. The summed E-state index contributed by atoms with van der Waals surface area (Å²) in [7, 11) is 0. The molecular formula is C8H11NO2. The van der Waals surface area contributed by atoms with Crippen molar-refractivity contribution in [1.82, 2.24) is 5.32 Å². The van der Waals surface area contributed by atoms with Gasteiger partial charge in [-0.1, -0.05) is 0 Å². The highest BCUT2D eigenvalue weighted by molar-refractivity contribution is 5.14. The van der Waals surface area contributed by atoms with Crippen LogP contribution in [0.3, 0.4) is 0 Å². The molecule has 1 aromatic heterocycles. The molecule has 0 bridgehead atoms. The Kier molecular flexibility index (Phi) is 1.58. The van der Waals surface area contributed by atoms with Crippen LogP contribution in [0.5, 0.6) is 5.95 Å². The molecule has 0 saturated carbocycles. The molecule has 1 aromatic rings. The minimum atomic E-state index is 0.00806. The van der Waals surface area contributed by atoms with E-state index in [9.17, 15) is 0 Å². The number of nitrogens with one attached hydrogen (secondary N) is 1. The quantitative estimate of drug-likeness (QED) is 0.641. The molecule has 2 N–H and O–H groups in total. The van der Waals surface area contributed by atoms with Crippen LogP contribution in [-0.4, -0.2) is 11.7 Å². The molecule has 3 heteroatoms. The maximum Gasteiger partial charge on any atom is 0.281 e. The lowest BCUT2D eigenvalue weighted by Gasteiger charge is -2.04. The molecule has 0 spiro atoms. The van der Waals surface area contributed by atoms with E-state index in [-0.39, 0.29) is 5.95 Å². The van der Waals surface area contributed by atoms with E-state index in [0.29, 0.717) is 6.04 Å². The smallest absolute Gasteiger partial charge is 0.281 e. The summed E-state index contributed by atoms with van der Waals surface area (Å²) in [6, 6.07) is 3.71. The van der Waals surface area contributed by atoms with E-state index in [4.69, 9.17) is 9.52 Å². The first-order chi connectivity index (χ1) is 5.36. The molecule has 2 heterocycles. The Morgan fingerprint density at radius 3 is 3.00 bits per heavy atom. The van der Waals surface area contributed by atoms with Crippen LogP contribution in [0.2, 0.25) is 0 Å². The van der Waals surface area contributed by atoms with Gasteiger partial charge >= 0.3 is 0 Å². The summed E-state index contributed by atoms with van der Waals surface area (Å²) in [5.74, 6) is 0.855. The Morgan fingerprint density at radius 1 is 1.55 bits per heavy atom. The zero-order valence-electron chi connectivity index (χ0n) is 6.21. The average Bonchev–Trinajstić information content (AvgIpc) is 2.55. The monoisotopic (exact) mass is 153 g/mol. The lowest BCUT2D eigenvalue weighted by atomic mass is 10.2. The highest BCUT2D eigenvalue weighted by atomic mass is 16.5. The lowest BCUT2D eigenvalue weighted by Crippen LogP contribution is -2.11. The number of hydrogen-bond acceptors (Lipinski definition) is 3. The van der Waals surface area contributed by atoms with Crippen LogP contribution in [0.25, 0.3) is 0 Å². The third-order valence-corrected chi connectivity index (χ3v) is 2.02. The third-order valence-electron chi connectivity index (χ3n) is 2.02. The van der Waals surface area contributed by atoms with Crippen LogP contribution in [0.1, 0.15) is 24.6 Å². The first-order valence-corrected chi connectivity index (χ1v) is 3.88. The SMILES string of the molecule is Oc1ccc(C2CCCN2)o1. The molecule has 60 valence electrons. The van der Waals surface area contributed by atoms with Crippen molar-refractivity contribution in [1.29, 1.82) is 0 Å². The van der Waals surface area contributed by atoms with Gasteiger partial charge in [-0.05, 0) is 25.5 Å². The van der Waals surface area contributed by atoms with E-state index in [1.54, 1.807) is 6.07 Å². The molecule has 0 radical (unpaired) electrons. The van der Waals surface area contributed by atoms with Gasteiger partial charge < -0.3 is 14.8 Å². The molecule has 0 aliphatic carbocycles. The number of hydrogen-bond donors (Lipinski definition) is 2. The lowest BCUT2D eigenvalue weighted by molar-refractivity contribution is 0.306. The van der Waals surface area contributed by atoms with Crippen molar-refractivity contribution in [3.05, 3.63) is 17.9 Å². The normalized spacial score (nSPS) is 24.2. The first-order valence-electron chi connectivity index (χ1n) is 3.88. The Morgan fingerprint density at radius 2 is 2.45 bits per heavy atom. The van der Waals surface area contributed by atoms with E-state index in [1.165, 1.54) is 6.42 Å². The van der Waals surface area contributed by atoms with Crippen molar-refractivity contribution in [3.8, 4) is 5.95 Å². The van der Waals surface area contributed by atoms with Crippen LogP contribution < -0.4 is 5.32 Å². The van der Waals surface area contributed by atoms with Crippen LogP contribution in [0, 0.1) is 0 Å². The second-order valence-corrected chi connectivity index (χ2v) is 2.82. The zero-order chi connectivity index (χ0) is 7.68. The second kappa shape index (κ2) is 2.58. The van der Waals surface area contributed by atoms with Gasteiger partial charge in [-0.3, -0.25) is 0 Å². The topological polar surface area (TPSA) is 45.4 Å². The highest BCUT2D eigenvalue weighted by Crippen LogP contribution is 2.26. The molecule has 1 saturated heterocycles. The van der Waals surface area contributed by atoms with Crippen LogP contribution >= 0.6 is 0 Å². The second-order valence-electron chi connectivity index (χ2n) is 2.82. The highest BCUT2D eigenvalue weighted by Gasteiger charge is 2.18. The molecule has 11 heavy (non-hydrogen) atoms. The molecular weight excluding hydrogens is 142 g/mol. The molecule has 1 unspecified atom stereocenters. The van der Waals surface area contributed by atoms with E-state index in [1.807, 2.05) is 6.07 Å². The van der Waals surface area contributed by atoms with Crippen molar-refractivity contribution in [2.45, 2.75) is 18.9 Å². The first kappa shape index (κ1) is 6.73. The van der Waals surface area contributed by atoms with Gasteiger partial charge in [0, 0.05) is 6.07 Å². The zero-order valence-corrected chi connectivity index (χ0v) is 6.21. The van der Waals surface area contributed by atoms with Gasteiger partial charge in [0.25, 0.3) is 5.95 Å². The Labute approximate surface area is 65.0 Å². The van der Waals surface area contributed by atoms with Gasteiger partial charge in [-0.25, -0.2) is 0 Å². The van der Waals surface area contributed by atoms with Gasteiger partial charge in [0.15, 0.2) is 0 Å². The molecule has 1 fully saturated rings. The Bertz CT molecular complexity index is 238. The average molecular weight is 153 g/mol. The number of aromatic hydroxyl groups is 1. The molecule has 1 atom stereocenters. The maximum absolute atomic E-state index is 8.92. The molecule has 0 aromatic carbocycles. The number of furan rings is 1. The van der Waals surface area contributed by atoms with Gasteiger partial charge in [-0.2, -0.15) is 0 Å². The molecule has 3 nitrogen and oxygen atoms in total. The van der Waals surface area contributed by atoms with Crippen LogP contribution in [0.15, 0.2) is 16.5 Å². The fourth-order valence-corrected chi connectivity index (χ4v) is 1.46. The third kappa shape index (κ3) is 1.24. The largest absolute Gasteiger partial charge is 0.481 e. The van der Waals surface area contributed by atoms with Gasteiger partial charge in [0.05, 0.1) is 6.04 Å². The standard InChI is InChI=1S/C8H11NO2/c10-8-4-3-7(11-8)6-2-1-5-9-6/h3-4,6,9-10H,1-2,5H2. The Balaban J connectivity index is 2.15. The van der Waals surface area contributed by atoms with Crippen molar-refractivity contribution in [2.75, 3.05) is 6.54 Å². The maximum atomic E-state index is 8.92. The van der Waals surface area contributed by atoms with Crippen LogP contribution in [0.4, 0.5) is 0 Å². The fourth-order valence-electron chi connectivity index (χ4n) is 1.46. The minimum absolute atomic E-state index is 0.00806. The predicted molar refractivity (Wildman–Crippen MR) is 40.4 cm³/mol. The molecule has 0 amide bonds. The summed E-state index contributed by atoms with van der Waals surface area (Å²) in [5.41, 5.74) is 0. The summed E-state index contributed by atoms with van der Waals surface area (Å²) < 4.78 is 5.06. The van der Waals surface area contributed by atoms with E-state index in [0.717, 1.165) is 18.7 Å². The van der Waals surface area contributed by atoms with Crippen molar-refractivity contribution < 1.29 is 9.52 Å². The van der Waals surface area contributed by atoms with E-state index < -0.39 is 0 Å². The molecule has 2 rings (SSSR count). The van der Waals surface area contributed by atoms with Crippen molar-refractivity contribution in [3.63, 3.8) is 0 Å².